The van der Waals surface area contributed by atoms with Gasteiger partial charge in [-0.3, -0.25) is 0 Å². The van der Waals surface area contributed by atoms with Gasteiger partial charge in [0.05, 0.1) is 6.16 Å². The predicted octanol–water partition coefficient (Wildman–Crippen LogP) is 7.77. The fourth-order valence-electron chi connectivity index (χ4n) is 5.06. The summed E-state index contributed by atoms with van der Waals surface area (Å²) >= 11 is 0. The molecule has 3 aromatic carbocycles. The van der Waals surface area contributed by atoms with Crippen LogP contribution in [0.4, 0.5) is 0 Å². The second-order valence-corrected chi connectivity index (χ2v) is 12.7. The molecule has 0 fully saturated rings. The van der Waals surface area contributed by atoms with Crippen LogP contribution in [0.25, 0.3) is 0 Å². The molecule has 0 heterocycles. The fourth-order valence-corrected chi connectivity index (χ4v) is 9.86. The maximum Gasteiger partial charge on any atom is 0.112 e. The zero-order valence-corrected chi connectivity index (χ0v) is 21.6. The Balaban J connectivity index is 2.35. The van der Waals surface area contributed by atoms with Crippen LogP contribution in [0.2, 0.25) is 0 Å². The van der Waals surface area contributed by atoms with E-state index in [0.29, 0.717) is 0 Å². The highest BCUT2D eigenvalue weighted by atomic mass is 31.2. The quantitative estimate of drug-likeness (QED) is 0.250. The van der Waals surface area contributed by atoms with Crippen molar-refractivity contribution in [2.75, 3.05) is 6.16 Å². The number of hydrogen-bond donors (Lipinski definition) is 0. The molecule has 0 amide bonds. The van der Waals surface area contributed by atoms with E-state index in [-0.39, 0.29) is 0 Å². The summed E-state index contributed by atoms with van der Waals surface area (Å²) in [6.45, 7) is 9.32. The molecule has 0 N–H and O–H groups in total. The highest BCUT2D eigenvalue weighted by Crippen LogP contribution is 2.57. The lowest BCUT2D eigenvalue weighted by molar-refractivity contribution is 0.757. The molecule has 0 aromatic heterocycles. The van der Waals surface area contributed by atoms with Crippen LogP contribution in [0.1, 0.15) is 76.0 Å². The van der Waals surface area contributed by atoms with Crippen molar-refractivity contribution < 1.29 is 0 Å². The molecule has 0 atom stereocenters. The second kappa shape index (κ2) is 12.4. The van der Waals surface area contributed by atoms with Crippen molar-refractivity contribution in [2.45, 2.75) is 79.1 Å². The van der Waals surface area contributed by atoms with Crippen LogP contribution in [-0.4, -0.2) is 6.16 Å². The van der Waals surface area contributed by atoms with Gasteiger partial charge in [-0.1, -0.05) is 82.5 Å². The lowest BCUT2D eigenvalue weighted by atomic mass is 9.94. The summed E-state index contributed by atoms with van der Waals surface area (Å²) in [7, 11) is -1.73. The van der Waals surface area contributed by atoms with Gasteiger partial charge in [0.15, 0.2) is 0 Å². The molecule has 3 rings (SSSR count). The van der Waals surface area contributed by atoms with E-state index in [4.69, 9.17) is 0 Å². The second-order valence-electron chi connectivity index (χ2n) is 9.12. The first-order chi connectivity index (χ1) is 15.7. The zero-order valence-electron chi connectivity index (χ0n) is 20.7. The first-order valence-electron chi connectivity index (χ1n) is 12.8. The van der Waals surface area contributed by atoms with E-state index in [9.17, 15) is 0 Å². The smallest absolute Gasteiger partial charge is 0.0654 e. The summed E-state index contributed by atoms with van der Waals surface area (Å²) in [5.74, 6) is 0. The minimum Gasteiger partial charge on any atom is -0.0654 e. The minimum absolute atomic E-state index is 1.21. The topological polar surface area (TPSA) is 0 Å². The van der Waals surface area contributed by atoms with E-state index >= 15 is 0 Å². The Labute approximate surface area is 197 Å². The van der Waals surface area contributed by atoms with Crippen LogP contribution in [0.3, 0.4) is 0 Å². The molecule has 3 aromatic rings. The van der Waals surface area contributed by atoms with Gasteiger partial charge in [-0.05, 0) is 86.1 Å². The normalized spacial score (nSPS) is 11.6. The first-order valence-corrected chi connectivity index (χ1v) is 14.8. The molecule has 0 aliphatic heterocycles. The third-order valence-electron chi connectivity index (χ3n) is 6.85. The van der Waals surface area contributed by atoms with Crippen molar-refractivity contribution in [1.82, 2.24) is 0 Å². The van der Waals surface area contributed by atoms with Crippen molar-refractivity contribution in [3.8, 4) is 0 Å². The lowest BCUT2D eigenvalue weighted by Gasteiger charge is -2.31. The Morgan fingerprint density at radius 3 is 1.56 bits per heavy atom. The molecule has 1 heteroatoms. The van der Waals surface area contributed by atoms with Crippen molar-refractivity contribution in [2.24, 2.45) is 0 Å². The monoisotopic (exact) mass is 445 g/mol. The highest BCUT2D eigenvalue weighted by molar-refractivity contribution is 7.95. The molecule has 32 heavy (non-hydrogen) atoms. The molecular formula is C31H42P+. The van der Waals surface area contributed by atoms with Gasteiger partial charge in [0.1, 0.15) is 23.2 Å². The van der Waals surface area contributed by atoms with Crippen LogP contribution < -0.4 is 15.9 Å². The fraction of sp³-hybridized carbons (Fsp3) is 0.419. The number of hydrogen-bond acceptors (Lipinski definition) is 0. The van der Waals surface area contributed by atoms with Crippen molar-refractivity contribution in [3.05, 3.63) is 89.5 Å². The van der Waals surface area contributed by atoms with Crippen molar-refractivity contribution in [3.63, 3.8) is 0 Å². The Kier molecular flexibility index (Phi) is 9.55. The van der Waals surface area contributed by atoms with E-state index in [1.807, 2.05) is 0 Å². The van der Waals surface area contributed by atoms with Gasteiger partial charge in [-0.2, -0.15) is 0 Å². The number of unbranched alkanes of at least 4 members (excludes halogenated alkanes) is 3. The van der Waals surface area contributed by atoms with Gasteiger partial charge >= 0.3 is 0 Å². The van der Waals surface area contributed by atoms with E-state index < -0.39 is 7.26 Å². The summed E-state index contributed by atoms with van der Waals surface area (Å²) in [6, 6.07) is 27.9. The molecule has 0 aliphatic carbocycles. The molecule has 0 saturated heterocycles. The minimum atomic E-state index is -1.73. The van der Waals surface area contributed by atoms with Crippen LogP contribution >= 0.6 is 7.26 Å². The maximum absolute atomic E-state index is 2.53. The molecule has 0 bridgehead atoms. The third kappa shape index (κ3) is 5.35. The lowest BCUT2D eigenvalue weighted by Crippen LogP contribution is -2.36. The molecule has 0 radical (unpaired) electrons. The molecule has 0 saturated carbocycles. The zero-order chi connectivity index (χ0) is 22.8. The maximum atomic E-state index is 2.53. The molecule has 0 aliphatic rings. The molecule has 170 valence electrons. The van der Waals surface area contributed by atoms with Gasteiger partial charge in [0.2, 0.25) is 0 Å². The molecule has 0 spiro atoms. The van der Waals surface area contributed by atoms with Gasteiger partial charge in [-0.15, -0.1) is 0 Å². The van der Waals surface area contributed by atoms with E-state index in [2.05, 4.69) is 100 Å². The van der Waals surface area contributed by atoms with Crippen molar-refractivity contribution in [1.29, 1.82) is 0 Å². The summed E-state index contributed by atoms with van der Waals surface area (Å²) < 4.78 is 0. The standard InChI is InChI=1S/C31H42P/c1-5-8-21-29-26(4)23-24-31(30(29)22-9-6-2)32(25-10-7-3,27-17-13-11-14-18-27)28-19-15-12-16-20-28/h11-20,23-24H,5-10,21-22,25H2,1-4H3/q+1. The molecule has 0 unspecified atom stereocenters. The number of aryl methyl sites for hydroxylation is 1. The van der Waals surface area contributed by atoms with Crippen molar-refractivity contribution >= 4 is 23.2 Å². The van der Waals surface area contributed by atoms with E-state index in [1.54, 1.807) is 27.0 Å². The van der Waals surface area contributed by atoms with Crippen LogP contribution in [0.15, 0.2) is 72.8 Å². The van der Waals surface area contributed by atoms with Crippen LogP contribution in [0, 0.1) is 6.92 Å². The Morgan fingerprint density at radius 1 is 0.562 bits per heavy atom. The van der Waals surface area contributed by atoms with Gasteiger partial charge in [-0.25, -0.2) is 0 Å². The van der Waals surface area contributed by atoms with Gasteiger partial charge in [0.25, 0.3) is 0 Å². The van der Waals surface area contributed by atoms with E-state index in [0.717, 1.165) is 0 Å². The summed E-state index contributed by atoms with van der Waals surface area (Å²) in [5, 5.41) is 4.75. The van der Waals surface area contributed by atoms with Crippen LogP contribution in [-0.2, 0) is 12.8 Å². The average molecular weight is 446 g/mol. The Hall–Kier alpha value is -1.91. The average Bonchev–Trinajstić information content (AvgIpc) is 2.84. The summed E-state index contributed by atoms with van der Waals surface area (Å²) in [6.07, 6.45) is 11.2. The Bertz CT molecular complexity index is 903. The number of benzene rings is 3. The Morgan fingerprint density at radius 2 is 1.06 bits per heavy atom. The summed E-state index contributed by atoms with van der Waals surface area (Å²) in [5.41, 5.74) is 4.81. The highest BCUT2D eigenvalue weighted by Gasteiger charge is 2.46. The SMILES string of the molecule is CCCCc1c(C)ccc([P+](CCCC)(c2ccccc2)c2ccccc2)c1CCCC. The largest absolute Gasteiger partial charge is 0.112 e. The van der Waals surface area contributed by atoms with E-state index in [1.165, 1.54) is 63.1 Å². The van der Waals surface area contributed by atoms with Gasteiger partial charge in [0, 0.05) is 0 Å². The summed E-state index contributed by atoms with van der Waals surface area (Å²) in [4.78, 5) is 0. The number of rotatable bonds is 12. The molecule has 0 nitrogen and oxygen atoms in total. The third-order valence-corrected chi connectivity index (χ3v) is 11.4. The van der Waals surface area contributed by atoms with Gasteiger partial charge < -0.3 is 0 Å². The van der Waals surface area contributed by atoms with Crippen LogP contribution in [0.5, 0.6) is 0 Å². The predicted molar refractivity (Wildman–Crippen MR) is 147 cm³/mol. The molecular weight excluding hydrogens is 403 g/mol. The first kappa shape index (κ1) is 24.7.